The van der Waals surface area contributed by atoms with E-state index in [1.807, 2.05) is 0 Å². The van der Waals surface area contributed by atoms with Gasteiger partial charge < -0.3 is 4.84 Å². The van der Waals surface area contributed by atoms with Crippen molar-refractivity contribution in [3.8, 4) is 0 Å². The molecule has 1 heterocycles. The fraction of sp³-hybridized carbons (Fsp3) is 0.455. The van der Waals surface area contributed by atoms with Crippen molar-refractivity contribution >= 4 is 23.6 Å². The van der Waals surface area contributed by atoms with Crippen LogP contribution in [-0.4, -0.2) is 28.6 Å². The molecule has 0 atom stereocenters. The molecule has 0 aromatic rings. The predicted octanol–water partition coefficient (Wildman–Crippen LogP) is 0.519. The van der Waals surface area contributed by atoms with E-state index in [0.29, 0.717) is 5.06 Å². The molecule has 17 heavy (non-hydrogen) atoms. The Morgan fingerprint density at radius 1 is 1.24 bits per heavy atom. The number of nitrogens with zero attached hydrogens (tertiary/aromatic N) is 1. The van der Waals surface area contributed by atoms with E-state index in [9.17, 15) is 19.2 Å². The number of carbonyl (C=O) groups is 4. The summed E-state index contributed by atoms with van der Waals surface area (Å²) in [6, 6.07) is 0. The maximum absolute atomic E-state index is 11.3. The van der Waals surface area contributed by atoms with Gasteiger partial charge in [-0.05, 0) is 0 Å². The standard InChI is InChI=1S/C11H13NO5/c1-2-3-8(13)4-7-11(16)17-12-9(14)5-6-10(12)15/h2H,1,3-7H2. The molecule has 1 rings (SSSR count). The van der Waals surface area contributed by atoms with Gasteiger partial charge in [-0.1, -0.05) is 6.08 Å². The van der Waals surface area contributed by atoms with Crippen LogP contribution in [0, 0.1) is 0 Å². The van der Waals surface area contributed by atoms with E-state index in [2.05, 4.69) is 11.4 Å². The molecule has 0 unspecified atom stereocenters. The van der Waals surface area contributed by atoms with E-state index >= 15 is 0 Å². The van der Waals surface area contributed by atoms with Gasteiger partial charge in [0.05, 0.1) is 6.42 Å². The molecule has 0 radical (unpaired) electrons. The van der Waals surface area contributed by atoms with Crippen molar-refractivity contribution in [2.24, 2.45) is 0 Å². The van der Waals surface area contributed by atoms with E-state index < -0.39 is 17.8 Å². The maximum Gasteiger partial charge on any atom is 0.333 e. The van der Waals surface area contributed by atoms with Crippen molar-refractivity contribution in [2.45, 2.75) is 32.1 Å². The van der Waals surface area contributed by atoms with Gasteiger partial charge in [-0.15, -0.1) is 11.6 Å². The highest BCUT2D eigenvalue weighted by Gasteiger charge is 2.32. The second kappa shape index (κ2) is 5.93. The van der Waals surface area contributed by atoms with Crippen LogP contribution in [0.2, 0.25) is 0 Å². The van der Waals surface area contributed by atoms with E-state index in [1.54, 1.807) is 0 Å². The van der Waals surface area contributed by atoms with Crippen LogP contribution in [0.3, 0.4) is 0 Å². The van der Waals surface area contributed by atoms with Crippen molar-refractivity contribution in [1.82, 2.24) is 5.06 Å². The summed E-state index contributed by atoms with van der Waals surface area (Å²) in [5.41, 5.74) is 0. The van der Waals surface area contributed by atoms with Gasteiger partial charge in [-0.25, -0.2) is 4.79 Å². The van der Waals surface area contributed by atoms with Gasteiger partial charge in [0.1, 0.15) is 5.78 Å². The van der Waals surface area contributed by atoms with Gasteiger partial charge in [0.15, 0.2) is 0 Å². The summed E-state index contributed by atoms with van der Waals surface area (Å²) in [5.74, 6) is -1.96. The first-order chi connectivity index (χ1) is 8.04. The fourth-order valence-corrected chi connectivity index (χ4v) is 1.31. The summed E-state index contributed by atoms with van der Waals surface area (Å²) in [4.78, 5) is 49.1. The molecule has 0 N–H and O–H groups in total. The van der Waals surface area contributed by atoms with Crippen LogP contribution < -0.4 is 0 Å². The Morgan fingerprint density at radius 3 is 2.35 bits per heavy atom. The van der Waals surface area contributed by atoms with Crippen LogP contribution in [0.5, 0.6) is 0 Å². The number of ketones is 1. The zero-order valence-electron chi connectivity index (χ0n) is 9.31. The van der Waals surface area contributed by atoms with Gasteiger partial charge in [0, 0.05) is 25.7 Å². The minimum atomic E-state index is -0.758. The molecule has 1 aliphatic heterocycles. The average molecular weight is 239 g/mol. The van der Waals surface area contributed by atoms with E-state index in [-0.39, 0.29) is 37.9 Å². The van der Waals surface area contributed by atoms with Gasteiger partial charge in [0.25, 0.3) is 11.8 Å². The normalized spacial score (nSPS) is 14.9. The van der Waals surface area contributed by atoms with Crippen LogP contribution in [0.4, 0.5) is 0 Å². The lowest BCUT2D eigenvalue weighted by Crippen LogP contribution is -2.32. The molecule has 6 heteroatoms. The average Bonchev–Trinajstić information content (AvgIpc) is 2.58. The maximum atomic E-state index is 11.3. The molecule has 0 aromatic heterocycles. The van der Waals surface area contributed by atoms with Gasteiger partial charge in [-0.3, -0.25) is 14.4 Å². The van der Waals surface area contributed by atoms with Crippen molar-refractivity contribution in [3.05, 3.63) is 12.7 Å². The molecule has 2 amide bonds. The van der Waals surface area contributed by atoms with Gasteiger partial charge in [0.2, 0.25) is 0 Å². The highest BCUT2D eigenvalue weighted by molar-refractivity contribution is 6.01. The molecule has 0 aromatic carbocycles. The van der Waals surface area contributed by atoms with Crippen molar-refractivity contribution in [1.29, 1.82) is 0 Å². The number of Topliss-reactive ketones (excluding diaryl/α,β-unsaturated/α-hetero) is 1. The highest BCUT2D eigenvalue weighted by Crippen LogP contribution is 2.13. The highest BCUT2D eigenvalue weighted by atomic mass is 16.7. The monoisotopic (exact) mass is 239 g/mol. The number of allylic oxidation sites excluding steroid dienone is 1. The Kier molecular flexibility index (Phi) is 4.56. The minimum absolute atomic E-state index is 0.0150. The summed E-state index contributed by atoms with van der Waals surface area (Å²) < 4.78 is 0. The van der Waals surface area contributed by atoms with Crippen molar-refractivity contribution in [2.75, 3.05) is 0 Å². The molecular weight excluding hydrogens is 226 g/mol. The number of hydrogen-bond acceptors (Lipinski definition) is 5. The minimum Gasteiger partial charge on any atom is -0.330 e. The van der Waals surface area contributed by atoms with Crippen LogP contribution >= 0.6 is 0 Å². The first-order valence-corrected chi connectivity index (χ1v) is 5.23. The number of imide groups is 1. The predicted molar refractivity (Wildman–Crippen MR) is 56.2 cm³/mol. The lowest BCUT2D eigenvalue weighted by molar-refractivity contribution is -0.197. The second-order valence-electron chi connectivity index (χ2n) is 3.58. The van der Waals surface area contributed by atoms with Crippen LogP contribution in [0.1, 0.15) is 32.1 Å². The number of carbonyl (C=O) groups excluding carboxylic acids is 4. The Labute approximate surface area is 98.2 Å². The summed E-state index contributed by atoms with van der Waals surface area (Å²) in [6.07, 6.45) is 1.61. The Bertz CT molecular complexity index is 358. The van der Waals surface area contributed by atoms with Gasteiger partial charge in [-0.2, -0.15) is 0 Å². The molecule has 0 bridgehead atoms. The van der Waals surface area contributed by atoms with E-state index in [0.717, 1.165) is 0 Å². The smallest absolute Gasteiger partial charge is 0.330 e. The van der Waals surface area contributed by atoms with Crippen LogP contribution in [0.15, 0.2) is 12.7 Å². The molecule has 0 saturated carbocycles. The summed E-state index contributed by atoms with van der Waals surface area (Å²) in [6.45, 7) is 3.40. The zero-order chi connectivity index (χ0) is 12.8. The third kappa shape index (κ3) is 3.82. The number of hydrogen-bond donors (Lipinski definition) is 0. The molecule has 0 aliphatic carbocycles. The number of amides is 2. The Morgan fingerprint density at radius 2 is 1.82 bits per heavy atom. The second-order valence-corrected chi connectivity index (χ2v) is 3.58. The fourth-order valence-electron chi connectivity index (χ4n) is 1.31. The third-order valence-corrected chi connectivity index (χ3v) is 2.18. The first kappa shape index (κ1) is 13.1. The topological polar surface area (TPSA) is 80.8 Å². The number of hydroxylamine groups is 2. The summed E-state index contributed by atoms with van der Waals surface area (Å²) >= 11 is 0. The first-order valence-electron chi connectivity index (χ1n) is 5.23. The molecule has 6 nitrogen and oxygen atoms in total. The van der Waals surface area contributed by atoms with E-state index in [4.69, 9.17) is 0 Å². The SMILES string of the molecule is C=CCC(=O)CCC(=O)ON1C(=O)CCC1=O. The molecule has 1 aliphatic rings. The third-order valence-electron chi connectivity index (χ3n) is 2.18. The Balaban J connectivity index is 2.34. The lowest BCUT2D eigenvalue weighted by atomic mass is 10.2. The zero-order valence-corrected chi connectivity index (χ0v) is 9.31. The molecular formula is C11H13NO5. The van der Waals surface area contributed by atoms with Crippen molar-refractivity contribution in [3.63, 3.8) is 0 Å². The van der Waals surface area contributed by atoms with Crippen LogP contribution in [0.25, 0.3) is 0 Å². The van der Waals surface area contributed by atoms with Crippen molar-refractivity contribution < 1.29 is 24.0 Å². The molecule has 1 fully saturated rings. The molecule has 92 valence electrons. The van der Waals surface area contributed by atoms with Crippen LogP contribution in [-0.2, 0) is 24.0 Å². The van der Waals surface area contributed by atoms with E-state index in [1.165, 1.54) is 6.08 Å². The largest absolute Gasteiger partial charge is 0.333 e. The lowest BCUT2D eigenvalue weighted by Gasteiger charge is -2.11. The summed E-state index contributed by atoms with van der Waals surface area (Å²) in [7, 11) is 0. The summed E-state index contributed by atoms with van der Waals surface area (Å²) in [5, 5.41) is 0.473. The van der Waals surface area contributed by atoms with Gasteiger partial charge >= 0.3 is 5.97 Å². The Hall–Kier alpha value is -1.98. The number of rotatable bonds is 6. The molecule has 1 saturated heterocycles. The quantitative estimate of drug-likeness (QED) is 0.498. The molecule has 0 spiro atoms.